The van der Waals surface area contributed by atoms with E-state index in [1.54, 1.807) is 20.8 Å². The maximum absolute atomic E-state index is 11.4. The minimum absolute atomic E-state index is 0.0163. The first-order valence-corrected chi connectivity index (χ1v) is 5.64. The minimum Gasteiger partial charge on any atom is -0.480 e. The number of aliphatic carboxylic acids is 1. The highest BCUT2D eigenvalue weighted by atomic mass is 16.6. The van der Waals surface area contributed by atoms with Crippen molar-refractivity contribution in [2.45, 2.75) is 38.8 Å². The zero-order chi connectivity index (χ0) is 15.1. The van der Waals surface area contributed by atoms with Crippen LogP contribution in [0.3, 0.4) is 0 Å². The number of amides is 1. The van der Waals surface area contributed by atoms with Crippen LogP contribution in [0.15, 0.2) is 12.7 Å². The second-order valence-corrected chi connectivity index (χ2v) is 4.71. The molecule has 7 heteroatoms. The fraction of sp³-hybridized carbons (Fsp3) is 0.583. The number of hydrogen-bond acceptors (Lipinski definition) is 5. The van der Waals surface area contributed by atoms with Crippen LogP contribution in [0.5, 0.6) is 0 Å². The summed E-state index contributed by atoms with van der Waals surface area (Å²) in [7, 11) is 0. The Labute approximate surface area is 111 Å². The Morgan fingerprint density at radius 3 is 2.37 bits per heavy atom. The number of carboxylic acid groups (broad SMARTS) is 1. The van der Waals surface area contributed by atoms with Gasteiger partial charge in [0.1, 0.15) is 18.2 Å². The molecule has 0 aliphatic rings. The first-order chi connectivity index (χ1) is 8.65. The molecule has 0 aromatic carbocycles. The van der Waals surface area contributed by atoms with Crippen molar-refractivity contribution in [3.8, 4) is 0 Å². The third-order valence-electron chi connectivity index (χ3n) is 1.72. The first kappa shape index (κ1) is 16.9. The molecular weight excluding hydrogens is 254 g/mol. The van der Waals surface area contributed by atoms with Gasteiger partial charge in [-0.1, -0.05) is 12.7 Å². The van der Waals surface area contributed by atoms with Crippen LogP contribution >= 0.6 is 0 Å². The summed E-state index contributed by atoms with van der Waals surface area (Å²) in [6, 6.07) is -1.40. The lowest BCUT2D eigenvalue weighted by molar-refractivity contribution is -0.148. The van der Waals surface area contributed by atoms with Crippen molar-refractivity contribution in [1.82, 2.24) is 5.32 Å². The molecule has 0 spiro atoms. The van der Waals surface area contributed by atoms with Crippen LogP contribution in [0.4, 0.5) is 4.79 Å². The molecule has 0 fully saturated rings. The fourth-order valence-corrected chi connectivity index (χ4v) is 1.03. The van der Waals surface area contributed by atoms with E-state index in [2.05, 4.69) is 16.6 Å². The number of esters is 1. The van der Waals surface area contributed by atoms with Gasteiger partial charge in [0.15, 0.2) is 0 Å². The van der Waals surface area contributed by atoms with Crippen LogP contribution in [-0.2, 0) is 19.1 Å². The van der Waals surface area contributed by atoms with E-state index in [9.17, 15) is 14.4 Å². The molecule has 0 unspecified atom stereocenters. The van der Waals surface area contributed by atoms with Crippen LogP contribution < -0.4 is 5.32 Å². The van der Waals surface area contributed by atoms with E-state index in [4.69, 9.17) is 9.84 Å². The van der Waals surface area contributed by atoms with E-state index in [-0.39, 0.29) is 6.61 Å². The summed E-state index contributed by atoms with van der Waals surface area (Å²) >= 11 is 0. The van der Waals surface area contributed by atoms with Gasteiger partial charge in [-0.25, -0.2) is 9.59 Å². The van der Waals surface area contributed by atoms with Crippen molar-refractivity contribution in [3.05, 3.63) is 12.7 Å². The topological polar surface area (TPSA) is 102 Å². The second-order valence-electron chi connectivity index (χ2n) is 4.71. The highest BCUT2D eigenvalue weighted by Gasteiger charge is 2.26. The number of nitrogens with one attached hydrogen (secondary N) is 1. The Hall–Kier alpha value is -2.05. The molecule has 0 aromatic heterocycles. The average molecular weight is 273 g/mol. The van der Waals surface area contributed by atoms with E-state index in [0.29, 0.717) is 0 Å². The number of carbonyl (C=O) groups excluding carboxylic acids is 2. The molecular formula is C12H19NO6. The van der Waals surface area contributed by atoms with Crippen LogP contribution in [-0.4, -0.2) is 41.4 Å². The van der Waals surface area contributed by atoms with Crippen molar-refractivity contribution in [1.29, 1.82) is 0 Å². The van der Waals surface area contributed by atoms with Crippen LogP contribution in [0.1, 0.15) is 27.2 Å². The number of rotatable bonds is 6. The molecule has 0 heterocycles. The van der Waals surface area contributed by atoms with Gasteiger partial charge in [0, 0.05) is 0 Å². The van der Waals surface area contributed by atoms with Crippen LogP contribution in [0.25, 0.3) is 0 Å². The highest BCUT2D eigenvalue weighted by Crippen LogP contribution is 2.07. The molecule has 0 bridgehead atoms. The summed E-state index contributed by atoms with van der Waals surface area (Å²) in [5.41, 5.74) is -0.753. The Morgan fingerprint density at radius 1 is 1.37 bits per heavy atom. The lowest BCUT2D eigenvalue weighted by Gasteiger charge is -2.21. The number of carboxylic acids is 1. The Bertz CT molecular complexity index is 358. The Balaban J connectivity index is 4.42. The molecule has 7 nitrogen and oxygen atoms in total. The molecule has 2 N–H and O–H groups in total. The fourth-order valence-electron chi connectivity index (χ4n) is 1.03. The van der Waals surface area contributed by atoms with Crippen molar-refractivity contribution in [2.75, 3.05) is 6.61 Å². The molecule has 1 amide bonds. The maximum atomic E-state index is 11.4. The Morgan fingerprint density at radius 2 is 1.95 bits per heavy atom. The van der Waals surface area contributed by atoms with Gasteiger partial charge >= 0.3 is 18.0 Å². The van der Waals surface area contributed by atoms with E-state index in [0.717, 1.165) is 0 Å². The van der Waals surface area contributed by atoms with Crippen LogP contribution in [0.2, 0.25) is 0 Å². The maximum Gasteiger partial charge on any atom is 0.408 e. The number of alkyl carbamates (subject to hydrolysis) is 1. The summed E-state index contributed by atoms with van der Waals surface area (Å²) in [6.45, 7) is 8.25. The number of ether oxygens (including phenoxy) is 2. The lowest BCUT2D eigenvalue weighted by Crippen LogP contribution is -2.44. The normalized spacial score (nSPS) is 12.2. The van der Waals surface area contributed by atoms with Gasteiger partial charge in [-0.15, -0.1) is 0 Å². The van der Waals surface area contributed by atoms with E-state index >= 15 is 0 Å². The molecule has 0 radical (unpaired) electrons. The van der Waals surface area contributed by atoms with Crippen LogP contribution in [0, 0.1) is 0 Å². The molecule has 0 saturated carbocycles. The van der Waals surface area contributed by atoms with Crippen molar-refractivity contribution < 1.29 is 29.0 Å². The van der Waals surface area contributed by atoms with Gasteiger partial charge < -0.3 is 19.9 Å². The summed E-state index contributed by atoms with van der Waals surface area (Å²) < 4.78 is 9.54. The van der Waals surface area contributed by atoms with Crippen molar-refractivity contribution in [3.63, 3.8) is 0 Å². The van der Waals surface area contributed by atoms with Crippen molar-refractivity contribution >= 4 is 18.0 Å². The highest BCUT2D eigenvalue weighted by molar-refractivity contribution is 5.85. The number of hydrogen-bond donors (Lipinski definition) is 2. The Kier molecular flexibility index (Phi) is 6.60. The minimum atomic E-state index is -1.40. The molecule has 0 saturated heterocycles. The van der Waals surface area contributed by atoms with E-state index < -0.39 is 36.1 Å². The zero-order valence-corrected chi connectivity index (χ0v) is 11.3. The smallest absolute Gasteiger partial charge is 0.408 e. The quantitative estimate of drug-likeness (QED) is 0.554. The standard InChI is InChI=1S/C12H19NO6/c1-5-6-18-9(14)7-8(10(15)16)13-11(17)19-12(2,3)4/h5,8H,1,6-7H2,2-4H3,(H,13,17)(H,15,16)/t8-/m1/s1. The molecule has 0 aliphatic heterocycles. The third-order valence-corrected chi connectivity index (χ3v) is 1.72. The molecule has 0 rings (SSSR count). The summed E-state index contributed by atoms with van der Waals surface area (Å²) in [6.07, 6.45) is -0.0337. The van der Waals surface area contributed by atoms with E-state index in [1.165, 1.54) is 6.08 Å². The lowest BCUT2D eigenvalue weighted by atomic mass is 10.2. The summed E-state index contributed by atoms with van der Waals surface area (Å²) in [5.74, 6) is -2.09. The zero-order valence-electron chi connectivity index (χ0n) is 11.3. The van der Waals surface area contributed by atoms with Crippen molar-refractivity contribution in [2.24, 2.45) is 0 Å². The predicted molar refractivity (Wildman–Crippen MR) is 66.6 cm³/mol. The van der Waals surface area contributed by atoms with Gasteiger partial charge in [0.25, 0.3) is 0 Å². The molecule has 108 valence electrons. The van der Waals surface area contributed by atoms with Gasteiger partial charge in [-0.05, 0) is 20.8 Å². The van der Waals surface area contributed by atoms with Gasteiger partial charge in [0.2, 0.25) is 0 Å². The molecule has 19 heavy (non-hydrogen) atoms. The second kappa shape index (κ2) is 7.40. The SMILES string of the molecule is C=CCOC(=O)C[C@@H](NC(=O)OC(C)(C)C)C(=O)O. The summed E-state index contributed by atoms with van der Waals surface area (Å²) in [4.78, 5) is 33.6. The first-order valence-electron chi connectivity index (χ1n) is 5.64. The van der Waals surface area contributed by atoms with E-state index in [1.807, 2.05) is 0 Å². The molecule has 0 aromatic rings. The van der Waals surface area contributed by atoms with Gasteiger partial charge in [-0.3, -0.25) is 4.79 Å². The molecule has 1 atom stereocenters. The monoisotopic (exact) mass is 273 g/mol. The van der Waals surface area contributed by atoms with Gasteiger partial charge in [0.05, 0.1) is 6.42 Å². The largest absolute Gasteiger partial charge is 0.480 e. The number of carbonyl (C=O) groups is 3. The van der Waals surface area contributed by atoms with Gasteiger partial charge in [-0.2, -0.15) is 0 Å². The molecule has 0 aliphatic carbocycles. The average Bonchev–Trinajstić information content (AvgIpc) is 2.22. The predicted octanol–water partition coefficient (Wildman–Crippen LogP) is 1.08. The summed E-state index contributed by atoms with van der Waals surface area (Å²) in [5, 5.41) is 11.0. The third kappa shape index (κ3) is 8.64.